The summed E-state index contributed by atoms with van der Waals surface area (Å²) >= 11 is 0. The van der Waals surface area contributed by atoms with Crippen LogP contribution in [0.15, 0.2) is 29.8 Å². The molecule has 0 amide bonds. The quantitative estimate of drug-likeness (QED) is 0.701. The van der Waals surface area contributed by atoms with Gasteiger partial charge in [0.15, 0.2) is 6.10 Å². The van der Waals surface area contributed by atoms with Gasteiger partial charge in [-0.25, -0.2) is 8.78 Å². The molecular formula is C13H11F2NO. The number of benzene rings is 1. The van der Waals surface area contributed by atoms with Crippen LogP contribution in [-0.2, 0) is 10.3 Å². The molecule has 0 radical (unpaired) electrons. The minimum absolute atomic E-state index is 0.241. The minimum atomic E-state index is -1.00. The molecule has 1 aliphatic heterocycles. The van der Waals surface area contributed by atoms with Crippen LogP contribution in [-0.4, -0.2) is 6.10 Å². The van der Waals surface area contributed by atoms with Gasteiger partial charge in [-0.05, 0) is 37.6 Å². The van der Waals surface area contributed by atoms with Crippen LogP contribution >= 0.6 is 0 Å². The van der Waals surface area contributed by atoms with E-state index in [0.29, 0.717) is 0 Å². The van der Waals surface area contributed by atoms with Gasteiger partial charge in [0.05, 0.1) is 6.07 Å². The first-order valence-electron chi connectivity index (χ1n) is 5.19. The first-order valence-corrected chi connectivity index (χ1v) is 5.19. The van der Waals surface area contributed by atoms with E-state index < -0.39 is 23.3 Å². The van der Waals surface area contributed by atoms with E-state index in [0.717, 1.165) is 11.6 Å². The fraction of sp³-hybridized carbons (Fsp3) is 0.308. The summed E-state index contributed by atoms with van der Waals surface area (Å²) in [6.07, 6.45) is 0.951. The molecule has 88 valence electrons. The molecule has 0 saturated heterocycles. The Hall–Kier alpha value is -1.73. The molecule has 0 aliphatic carbocycles. The lowest BCUT2D eigenvalue weighted by Crippen LogP contribution is -2.26. The molecule has 2 rings (SSSR count). The summed E-state index contributed by atoms with van der Waals surface area (Å²) in [6, 6.07) is 5.30. The first-order chi connectivity index (χ1) is 7.97. The lowest BCUT2D eigenvalue weighted by molar-refractivity contribution is -0.000142. The van der Waals surface area contributed by atoms with E-state index >= 15 is 0 Å². The van der Waals surface area contributed by atoms with E-state index in [1.165, 1.54) is 12.1 Å². The molecule has 2 atom stereocenters. The van der Waals surface area contributed by atoms with E-state index in [9.17, 15) is 8.78 Å². The molecule has 1 heterocycles. The van der Waals surface area contributed by atoms with Crippen LogP contribution in [0.1, 0.15) is 19.4 Å². The third-order valence-electron chi connectivity index (χ3n) is 3.09. The van der Waals surface area contributed by atoms with E-state index in [-0.39, 0.29) is 5.56 Å². The van der Waals surface area contributed by atoms with Crippen LogP contribution in [0, 0.1) is 23.0 Å². The minimum Gasteiger partial charge on any atom is -0.344 e. The zero-order chi connectivity index (χ0) is 12.6. The van der Waals surface area contributed by atoms with Gasteiger partial charge >= 0.3 is 0 Å². The summed E-state index contributed by atoms with van der Waals surface area (Å²) in [7, 11) is 0. The van der Waals surface area contributed by atoms with Gasteiger partial charge in [0.2, 0.25) is 0 Å². The van der Waals surface area contributed by atoms with E-state index in [4.69, 9.17) is 10.00 Å². The molecule has 1 aromatic rings. The van der Waals surface area contributed by atoms with Crippen LogP contribution < -0.4 is 0 Å². The molecule has 0 N–H and O–H groups in total. The average molecular weight is 235 g/mol. The standard InChI is InChI=1S/C13H11F2NO/c1-8-5-10(7-16)17-13(8,2)11-4-3-9(14)6-12(11)15/h3-6,10H,1-2H3. The van der Waals surface area contributed by atoms with Gasteiger partial charge in [-0.2, -0.15) is 5.26 Å². The number of nitriles is 1. The number of nitrogens with zero attached hydrogens (tertiary/aromatic N) is 1. The third kappa shape index (κ3) is 1.83. The Bertz CT molecular complexity index is 533. The summed E-state index contributed by atoms with van der Waals surface area (Å²) in [5.41, 5.74) is -0.0157. The second-order valence-corrected chi connectivity index (χ2v) is 4.17. The Kier molecular flexibility index (Phi) is 2.72. The molecule has 4 heteroatoms. The molecule has 0 bridgehead atoms. The summed E-state index contributed by atoms with van der Waals surface area (Å²) in [6.45, 7) is 3.44. The van der Waals surface area contributed by atoms with Crippen molar-refractivity contribution < 1.29 is 13.5 Å². The SMILES string of the molecule is CC1=CC(C#N)OC1(C)c1ccc(F)cc1F. The summed E-state index contributed by atoms with van der Waals surface area (Å²) in [5.74, 6) is -1.30. The van der Waals surface area contributed by atoms with E-state index in [1.807, 2.05) is 6.07 Å². The van der Waals surface area contributed by atoms with Gasteiger partial charge in [0.1, 0.15) is 17.2 Å². The fourth-order valence-electron chi connectivity index (χ4n) is 1.98. The molecule has 2 nitrogen and oxygen atoms in total. The fourth-order valence-corrected chi connectivity index (χ4v) is 1.98. The largest absolute Gasteiger partial charge is 0.344 e. The van der Waals surface area contributed by atoms with Crippen molar-refractivity contribution in [2.45, 2.75) is 25.6 Å². The molecule has 2 unspecified atom stereocenters. The van der Waals surface area contributed by atoms with Crippen molar-refractivity contribution in [1.29, 1.82) is 5.26 Å². The zero-order valence-electron chi connectivity index (χ0n) is 9.50. The highest BCUT2D eigenvalue weighted by molar-refractivity contribution is 5.37. The van der Waals surface area contributed by atoms with Crippen LogP contribution in [0.5, 0.6) is 0 Å². The van der Waals surface area contributed by atoms with Crippen molar-refractivity contribution in [3.05, 3.63) is 47.0 Å². The highest BCUT2D eigenvalue weighted by Gasteiger charge is 2.39. The molecule has 17 heavy (non-hydrogen) atoms. The molecule has 0 saturated carbocycles. The Balaban J connectivity index is 2.48. The van der Waals surface area contributed by atoms with Gasteiger partial charge in [-0.15, -0.1) is 0 Å². The lowest BCUT2D eigenvalue weighted by Gasteiger charge is -2.27. The Morgan fingerprint density at radius 3 is 2.65 bits per heavy atom. The smallest absolute Gasteiger partial charge is 0.164 e. The third-order valence-corrected chi connectivity index (χ3v) is 3.09. The lowest BCUT2D eigenvalue weighted by atomic mass is 9.89. The number of hydrogen-bond acceptors (Lipinski definition) is 2. The topological polar surface area (TPSA) is 33.0 Å². The van der Waals surface area contributed by atoms with Gasteiger partial charge < -0.3 is 4.74 Å². The maximum Gasteiger partial charge on any atom is 0.164 e. The van der Waals surface area contributed by atoms with E-state index in [1.54, 1.807) is 19.9 Å². The maximum absolute atomic E-state index is 13.7. The molecule has 0 spiro atoms. The van der Waals surface area contributed by atoms with Gasteiger partial charge in [-0.3, -0.25) is 0 Å². The highest BCUT2D eigenvalue weighted by Crippen LogP contribution is 2.40. The second-order valence-electron chi connectivity index (χ2n) is 4.17. The molecule has 1 aromatic carbocycles. The Morgan fingerprint density at radius 1 is 1.41 bits per heavy atom. The maximum atomic E-state index is 13.7. The monoisotopic (exact) mass is 235 g/mol. The average Bonchev–Trinajstić information content (AvgIpc) is 2.55. The molecular weight excluding hydrogens is 224 g/mol. The summed E-state index contributed by atoms with van der Waals surface area (Å²) in [4.78, 5) is 0. The van der Waals surface area contributed by atoms with Crippen molar-refractivity contribution in [3.63, 3.8) is 0 Å². The number of hydrogen-bond donors (Lipinski definition) is 0. The molecule has 0 aromatic heterocycles. The van der Waals surface area contributed by atoms with Crippen molar-refractivity contribution in [1.82, 2.24) is 0 Å². The number of rotatable bonds is 1. The highest BCUT2D eigenvalue weighted by atomic mass is 19.1. The molecule has 1 aliphatic rings. The Morgan fingerprint density at radius 2 is 2.12 bits per heavy atom. The van der Waals surface area contributed by atoms with Crippen LogP contribution in [0.3, 0.4) is 0 Å². The van der Waals surface area contributed by atoms with Crippen LogP contribution in [0.4, 0.5) is 8.78 Å². The normalized spacial score (nSPS) is 27.7. The Labute approximate surface area is 98.1 Å². The first kappa shape index (κ1) is 11.7. The summed E-state index contributed by atoms with van der Waals surface area (Å²) < 4.78 is 32.1. The predicted octanol–water partition coefficient (Wildman–Crippen LogP) is 3.05. The van der Waals surface area contributed by atoms with Gasteiger partial charge in [0.25, 0.3) is 0 Å². The summed E-state index contributed by atoms with van der Waals surface area (Å²) in [5, 5.41) is 8.80. The molecule has 0 fully saturated rings. The van der Waals surface area contributed by atoms with Gasteiger partial charge in [0, 0.05) is 11.6 Å². The van der Waals surface area contributed by atoms with Gasteiger partial charge in [-0.1, -0.05) is 0 Å². The number of halogens is 2. The second kappa shape index (κ2) is 3.94. The van der Waals surface area contributed by atoms with Crippen molar-refractivity contribution in [3.8, 4) is 6.07 Å². The van der Waals surface area contributed by atoms with Crippen molar-refractivity contribution in [2.75, 3.05) is 0 Å². The van der Waals surface area contributed by atoms with Crippen LogP contribution in [0.2, 0.25) is 0 Å². The predicted molar refractivity (Wildman–Crippen MR) is 58.0 cm³/mol. The number of ether oxygens (including phenoxy) is 1. The van der Waals surface area contributed by atoms with Crippen molar-refractivity contribution in [2.24, 2.45) is 0 Å². The zero-order valence-corrected chi connectivity index (χ0v) is 9.50. The van der Waals surface area contributed by atoms with E-state index in [2.05, 4.69) is 0 Å². The van der Waals surface area contributed by atoms with Crippen LogP contribution in [0.25, 0.3) is 0 Å². The van der Waals surface area contributed by atoms with Crippen molar-refractivity contribution >= 4 is 0 Å².